The summed E-state index contributed by atoms with van der Waals surface area (Å²) < 4.78 is 0. The Morgan fingerprint density at radius 1 is 1.33 bits per heavy atom. The van der Waals surface area contributed by atoms with E-state index in [0.717, 1.165) is 45.6 Å². The van der Waals surface area contributed by atoms with Crippen LogP contribution in [0.4, 0.5) is 0 Å². The number of hydrogen-bond acceptors (Lipinski definition) is 3. The summed E-state index contributed by atoms with van der Waals surface area (Å²) in [6.07, 6.45) is 2.00. The summed E-state index contributed by atoms with van der Waals surface area (Å²) in [6.45, 7) is 4.88. The van der Waals surface area contributed by atoms with Gasteiger partial charge in [-0.25, -0.2) is 0 Å². The van der Waals surface area contributed by atoms with Crippen LogP contribution in [0, 0.1) is 5.92 Å². The van der Waals surface area contributed by atoms with E-state index in [-0.39, 0.29) is 0 Å². The molecule has 2 aliphatic heterocycles. The van der Waals surface area contributed by atoms with Crippen molar-refractivity contribution < 1.29 is 5.11 Å². The largest absolute Gasteiger partial charge is 0.388 e. The Hall–Kier alpha value is -0.900. The molecule has 0 amide bonds. The molecule has 0 spiro atoms. The molecule has 18 heavy (non-hydrogen) atoms. The Morgan fingerprint density at radius 2 is 2.17 bits per heavy atom. The first-order chi connectivity index (χ1) is 8.76. The van der Waals surface area contributed by atoms with Crippen LogP contribution in [0.3, 0.4) is 0 Å². The molecule has 98 valence electrons. The first-order valence-corrected chi connectivity index (χ1v) is 6.96. The van der Waals surface area contributed by atoms with Gasteiger partial charge in [0.2, 0.25) is 0 Å². The van der Waals surface area contributed by atoms with Gasteiger partial charge in [0.15, 0.2) is 0 Å². The fourth-order valence-electron chi connectivity index (χ4n) is 3.29. The zero-order valence-electron chi connectivity index (χ0n) is 10.8. The number of benzene rings is 1. The molecular formula is C15H22N2O. The minimum Gasteiger partial charge on any atom is -0.388 e. The highest BCUT2D eigenvalue weighted by molar-refractivity contribution is 5.14. The number of nitrogens with one attached hydrogen (secondary N) is 1. The lowest BCUT2D eigenvalue weighted by Gasteiger charge is -2.47. The Morgan fingerprint density at radius 3 is 3.00 bits per heavy atom. The van der Waals surface area contributed by atoms with Gasteiger partial charge in [-0.1, -0.05) is 30.3 Å². The lowest BCUT2D eigenvalue weighted by molar-refractivity contribution is -0.0867. The van der Waals surface area contributed by atoms with Crippen molar-refractivity contribution in [2.24, 2.45) is 5.92 Å². The van der Waals surface area contributed by atoms with Gasteiger partial charge in [0.1, 0.15) is 0 Å². The second-order valence-electron chi connectivity index (χ2n) is 5.74. The van der Waals surface area contributed by atoms with Crippen LogP contribution < -0.4 is 5.32 Å². The van der Waals surface area contributed by atoms with Gasteiger partial charge in [-0.2, -0.15) is 0 Å². The van der Waals surface area contributed by atoms with E-state index in [1.54, 1.807) is 0 Å². The summed E-state index contributed by atoms with van der Waals surface area (Å²) in [6, 6.07) is 10.6. The predicted molar refractivity (Wildman–Crippen MR) is 72.3 cm³/mol. The molecular weight excluding hydrogens is 224 g/mol. The van der Waals surface area contributed by atoms with Crippen LogP contribution in [0.25, 0.3) is 0 Å². The molecule has 0 aromatic heterocycles. The quantitative estimate of drug-likeness (QED) is 0.824. The second-order valence-corrected chi connectivity index (χ2v) is 5.74. The van der Waals surface area contributed by atoms with Crippen LogP contribution in [0.15, 0.2) is 30.3 Å². The molecule has 3 heteroatoms. The van der Waals surface area contributed by atoms with Gasteiger partial charge in [0.05, 0.1) is 5.60 Å². The van der Waals surface area contributed by atoms with Crippen LogP contribution in [0.2, 0.25) is 0 Å². The zero-order chi connectivity index (χ0) is 12.4. The van der Waals surface area contributed by atoms with Gasteiger partial charge in [0.25, 0.3) is 0 Å². The molecule has 1 aromatic rings. The van der Waals surface area contributed by atoms with Crippen molar-refractivity contribution in [2.75, 3.05) is 26.2 Å². The molecule has 2 fully saturated rings. The first kappa shape index (κ1) is 12.2. The van der Waals surface area contributed by atoms with Crippen molar-refractivity contribution in [1.29, 1.82) is 0 Å². The van der Waals surface area contributed by atoms with Gasteiger partial charge >= 0.3 is 0 Å². The monoisotopic (exact) mass is 246 g/mol. The number of β-amino-alcohol motifs (C(OH)–C–C–N with tert-alkyl or cyclic N) is 1. The smallest absolute Gasteiger partial charge is 0.0824 e. The van der Waals surface area contributed by atoms with Crippen molar-refractivity contribution in [2.45, 2.75) is 25.0 Å². The molecule has 2 unspecified atom stereocenters. The number of aliphatic hydroxyl groups is 1. The maximum absolute atomic E-state index is 10.6. The molecule has 0 radical (unpaired) electrons. The third-order valence-electron chi connectivity index (χ3n) is 4.45. The summed E-state index contributed by atoms with van der Waals surface area (Å²) >= 11 is 0. The molecule has 0 aliphatic carbocycles. The summed E-state index contributed by atoms with van der Waals surface area (Å²) in [7, 11) is 0. The Labute approximate surface area is 109 Å². The van der Waals surface area contributed by atoms with Crippen molar-refractivity contribution >= 4 is 0 Å². The maximum Gasteiger partial charge on any atom is 0.0824 e. The number of fused-ring (bicyclic) bond motifs is 1. The average molecular weight is 246 g/mol. The normalized spacial score (nSPS) is 33.1. The van der Waals surface area contributed by atoms with Crippen molar-refractivity contribution in [3.05, 3.63) is 35.9 Å². The summed E-state index contributed by atoms with van der Waals surface area (Å²) in [4.78, 5) is 2.49. The fraction of sp³-hybridized carbons (Fsp3) is 0.600. The average Bonchev–Trinajstić information content (AvgIpc) is 2.40. The Kier molecular flexibility index (Phi) is 3.37. The Bertz CT molecular complexity index is 395. The van der Waals surface area contributed by atoms with Crippen molar-refractivity contribution in [1.82, 2.24) is 10.2 Å². The van der Waals surface area contributed by atoms with E-state index in [1.807, 2.05) is 0 Å². The summed E-state index contributed by atoms with van der Waals surface area (Å²) in [5, 5.41) is 13.9. The van der Waals surface area contributed by atoms with Gasteiger partial charge in [-0.3, -0.25) is 4.90 Å². The zero-order valence-corrected chi connectivity index (χ0v) is 10.8. The Balaban J connectivity index is 1.63. The van der Waals surface area contributed by atoms with Gasteiger partial charge < -0.3 is 10.4 Å². The lowest BCUT2D eigenvalue weighted by Crippen LogP contribution is -2.59. The summed E-state index contributed by atoms with van der Waals surface area (Å²) in [5.41, 5.74) is 0.919. The van der Waals surface area contributed by atoms with E-state index >= 15 is 0 Å². The second kappa shape index (κ2) is 5.00. The van der Waals surface area contributed by atoms with Crippen LogP contribution in [-0.4, -0.2) is 41.8 Å². The number of nitrogens with zero attached hydrogens (tertiary/aromatic N) is 1. The van der Waals surface area contributed by atoms with E-state index in [2.05, 4.69) is 40.5 Å². The predicted octanol–water partition coefficient (Wildman–Crippen LogP) is 1.23. The SMILES string of the molecule is OC12CCN(Cc3ccccc3)CC1CCNC2. The molecule has 2 saturated heterocycles. The van der Waals surface area contributed by atoms with Crippen LogP contribution in [-0.2, 0) is 6.54 Å². The molecule has 1 aromatic carbocycles. The third-order valence-corrected chi connectivity index (χ3v) is 4.45. The minimum atomic E-state index is -0.453. The topological polar surface area (TPSA) is 35.5 Å². The maximum atomic E-state index is 10.6. The third kappa shape index (κ3) is 2.44. The number of hydrogen-bond donors (Lipinski definition) is 2. The standard InChI is InChI=1S/C15H22N2O/c18-15-7-9-17(10-13-4-2-1-3-5-13)11-14(15)6-8-16-12-15/h1-5,14,16,18H,6-12H2. The van der Waals surface area contributed by atoms with Crippen LogP contribution >= 0.6 is 0 Å². The van der Waals surface area contributed by atoms with Gasteiger partial charge in [0, 0.05) is 32.1 Å². The molecule has 2 heterocycles. The number of rotatable bonds is 2. The molecule has 2 atom stereocenters. The van der Waals surface area contributed by atoms with E-state index in [1.165, 1.54) is 5.56 Å². The van der Waals surface area contributed by atoms with Crippen molar-refractivity contribution in [3.63, 3.8) is 0 Å². The molecule has 2 N–H and O–H groups in total. The van der Waals surface area contributed by atoms with Crippen molar-refractivity contribution in [3.8, 4) is 0 Å². The highest BCUT2D eigenvalue weighted by Gasteiger charge is 2.42. The van der Waals surface area contributed by atoms with E-state index in [9.17, 15) is 5.11 Å². The molecule has 3 nitrogen and oxygen atoms in total. The minimum absolute atomic E-state index is 0.441. The van der Waals surface area contributed by atoms with Crippen LogP contribution in [0.1, 0.15) is 18.4 Å². The molecule has 0 bridgehead atoms. The van der Waals surface area contributed by atoms with E-state index in [4.69, 9.17) is 0 Å². The molecule has 2 aliphatic rings. The van der Waals surface area contributed by atoms with E-state index in [0.29, 0.717) is 5.92 Å². The first-order valence-electron chi connectivity index (χ1n) is 6.96. The van der Waals surface area contributed by atoms with Gasteiger partial charge in [-0.15, -0.1) is 0 Å². The van der Waals surface area contributed by atoms with E-state index < -0.39 is 5.60 Å². The summed E-state index contributed by atoms with van der Waals surface area (Å²) in [5.74, 6) is 0.441. The van der Waals surface area contributed by atoms with Crippen LogP contribution in [0.5, 0.6) is 0 Å². The fourth-order valence-corrected chi connectivity index (χ4v) is 3.29. The highest BCUT2D eigenvalue weighted by Crippen LogP contribution is 2.32. The lowest BCUT2D eigenvalue weighted by atomic mass is 9.76. The molecule has 3 rings (SSSR count). The number of likely N-dealkylation sites (tertiary alicyclic amines) is 1. The number of piperidine rings is 2. The highest BCUT2D eigenvalue weighted by atomic mass is 16.3. The molecule has 0 saturated carbocycles. The van der Waals surface area contributed by atoms with Gasteiger partial charge in [-0.05, 0) is 24.9 Å².